The van der Waals surface area contributed by atoms with Crippen LogP contribution in [-0.2, 0) is 6.54 Å². The summed E-state index contributed by atoms with van der Waals surface area (Å²) in [6, 6.07) is 7.28. The minimum absolute atomic E-state index is 0.00572. The molecule has 1 spiro atoms. The summed E-state index contributed by atoms with van der Waals surface area (Å²) in [6.07, 6.45) is 10.0. The van der Waals surface area contributed by atoms with Gasteiger partial charge in [-0.3, -0.25) is 24.0 Å². The van der Waals surface area contributed by atoms with Gasteiger partial charge in [0.2, 0.25) is 0 Å². The molecule has 11 nitrogen and oxygen atoms in total. The number of fused-ring (bicyclic) bond motifs is 2. The van der Waals surface area contributed by atoms with Crippen molar-refractivity contribution < 1.29 is 19.1 Å². The second-order valence-electron chi connectivity index (χ2n) is 11.6. The maximum Gasteiger partial charge on any atom is 0.274 e. The Kier molecular flexibility index (Phi) is 9.37. The van der Waals surface area contributed by atoms with Gasteiger partial charge in [0, 0.05) is 70.0 Å². The molecule has 0 unspecified atom stereocenters. The highest BCUT2D eigenvalue weighted by Crippen LogP contribution is 2.38. The smallest absolute Gasteiger partial charge is 0.274 e. The van der Waals surface area contributed by atoms with Crippen LogP contribution < -0.4 is 4.74 Å². The normalized spacial score (nSPS) is 18.1. The fourth-order valence-corrected chi connectivity index (χ4v) is 6.31. The number of piperidine rings is 1. The SMILES string of the molecule is CCn1ncc(C(=O)N2CCC3(CCCN(C(=O)c4cnccn4)CCCOc4cccc(c4)C(=O)N(C)C3)CC2)c1C. The molecule has 0 N–H and O–H groups in total. The van der Waals surface area contributed by atoms with Crippen molar-refractivity contribution in [3.8, 4) is 5.75 Å². The zero-order valence-corrected chi connectivity index (χ0v) is 25.4. The van der Waals surface area contributed by atoms with E-state index in [4.69, 9.17) is 4.74 Å². The Labute approximate surface area is 252 Å². The topological polar surface area (TPSA) is 114 Å². The van der Waals surface area contributed by atoms with E-state index in [1.165, 1.54) is 12.4 Å². The third-order valence-electron chi connectivity index (χ3n) is 8.79. The van der Waals surface area contributed by atoms with E-state index in [1.54, 1.807) is 23.4 Å². The number of rotatable bonds is 3. The van der Waals surface area contributed by atoms with Gasteiger partial charge in [0.1, 0.15) is 11.4 Å². The van der Waals surface area contributed by atoms with Gasteiger partial charge >= 0.3 is 0 Å². The van der Waals surface area contributed by atoms with Gasteiger partial charge in [-0.15, -0.1) is 0 Å². The van der Waals surface area contributed by atoms with Crippen LogP contribution in [0.15, 0.2) is 49.1 Å². The summed E-state index contributed by atoms with van der Waals surface area (Å²) >= 11 is 0. The molecule has 3 amide bonds. The van der Waals surface area contributed by atoms with Crippen molar-refractivity contribution in [2.24, 2.45) is 5.41 Å². The molecule has 5 rings (SSSR count). The maximum atomic E-state index is 13.5. The molecule has 1 aromatic carbocycles. The number of amides is 3. The molecule has 0 atom stereocenters. The molecule has 11 heteroatoms. The molecule has 2 aliphatic heterocycles. The summed E-state index contributed by atoms with van der Waals surface area (Å²) in [5, 5.41) is 4.36. The number of aryl methyl sites for hydroxylation is 1. The first-order valence-corrected chi connectivity index (χ1v) is 15.2. The van der Waals surface area contributed by atoms with Gasteiger partial charge in [-0.05, 0) is 69.6 Å². The lowest BCUT2D eigenvalue weighted by molar-refractivity contribution is 0.0383. The maximum absolute atomic E-state index is 13.5. The zero-order chi connectivity index (χ0) is 30.4. The number of ether oxygens (including phenoxy) is 1. The standard InChI is InChI=1S/C32H41N7O4/c1-4-39-24(2)27(21-35-39)30(41)38-17-11-32(12-18-38)10-6-15-37(31(42)28-22-33-13-14-34-28)16-7-19-43-26-9-5-8-25(20-26)29(40)36(3)23-32/h5,8-9,13-14,20-22H,4,6-7,10-12,15-19,23H2,1-3H3. The summed E-state index contributed by atoms with van der Waals surface area (Å²) in [4.78, 5) is 54.2. The largest absolute Gasteiger partial charge is 0.494 e. The first-order valence-electron chi connectivity index (χ1n) is 15.2. The van der Waals surface area contributed by atoms with Crippen molar-refractivity contribution in [1.29, 1.82) is 0 Å². The quantitative estimate of drug-likeness (QED) is 0.459. The highest BCUT2D eigenvalue weighted by Gasteiger charge is 2.38. The summed E-state index contributed by atoms with van der Waals surface area (Å²) in [7, 11) is 1.85. The first kappa shape index (κ1) is 30.2. The van der Waals surface area contributed by atoms with Crippen LogP contribution in [0.3, 0.4) is 0 Å². The lowest BCUT2D eigenvalue weighted by atomic mass is 9.74. The van der Waals surface area contributed by atoms with Gasteiger partial charge < -0.3 is 19.4 Å². The van der Waals surface area contributed by atoms with Crippen molar-refractivity contribution in [2.75, 3.05) is 46.4 Å². The van der Waals surface area contributed by atoms with E-state index in [0.717, 1.165) is 31.4 Å². The fraction of sp³-hybridized carbons (Fsp3) is 0.500. The van der Waals surface area contributed by atoms with Crippen LogP contribution in [0.25, 0.3) is 0 Å². The van der Waals surface area contributed by atoms with Crippen molar-refractivity contribution >= 4 is 17.7 Å². The summed E-state index contributed by atoms with van der Waals surface area (Å²) < 4.78 is 7.80. The number of aromatic nitrogens is 4. The van der Waals surface area contributed by atoms with E-state index in [2.05, 4.69) is 15.1 Å². The van der Waals surface area contributed by atoms with E-state index in [0.29, 0.717) is 74.9 Å². The molecule has 228 valence electrons. The van der Waals surface area contributed by atoms with E-state index in [1.807, 2.05) is 53.6 Å². The second-order valence-corrected chi connectivity index (χ2v) is 11.6. The molecule has 3 aromatic rings. The predicted octanol–water partition coefficient (Wildman–Crippen LogP) is 3.70. The molecule has 0 radical (unpaired) electrons. The minimum atomic E-state index is -0.195. The monoisotopic (exact) mass is 587 g/mol. The average Bonchev–Trinajstić information content (AvgIpc) is 3.41. The van der Waals surface area contributed by atoms with Crippen LogP contribution in [0.1, 0.15) is 75.9 Å². The van der Waals surface area contributed by atoms with Crippen LogP contribution in [0.4, 0.5) is 0 Å². The first-order chi connectivity index (χ1) is 20.8. The number of benzene rings is 1. The summed E-state index contributed by atoms with van der Waals surface area (Å²) in [5.41, 5.74) is 2.24. The molecule has 43 heavy (non-hydrogen) atoms. The Morgan fingerprint density at radius 1 is 0.977 bits per heavy atom. The molecule has 1 fully saturated rings. The molecule has 0 aliphatic carbocycles. The van der Waals surface area contributed by atoms with Crippen molar-refractivity contribution in [2.45, 2.75) is 52.5 Å². The Morgan fingerprint density at radius 3 is 2.47 bits per heavy atom. The van der Waals surface area contributed by atoms with Crippen molar-refractivity contribution in [1.82, 2.24) is 34.4 Å². The number of carbonyl (C=O) groups is 3. The van der Waals surface area contributed by atoms with Gasteiger partial charge in [-0.25, -0.2) is 4.98 Å². The van der Waals surface area contributed by atoms with E-state index >= 15 is 0 Å². The Balaban J connectivity index is 1.36. The van der Waals surface area contributed by atoms with Crippen molar-refractivity contribution in [3.63, 3.8) is 0 Å². The Bertz CT molecular complexity index is 1430. The van der Waals surface area contributed by atoms with E-state index in [-0.39, 0.29) is 23.1 Å². The molecular weight excluding hydrogens is 546 g/mol. The molecule has 2 aliphatic rings. The number of likely N-dealkylation sites (tertiary alicyclic amines) is 1. The fourth-order valence-electron chi connectivity index (χ4n) is 6.31. The third kappa shape index (κ3) is 6.87. The highest BCUT2D eigenvalue weighted by atomic mass is 16.5. The number of hydrogen-bond acceptors (Lipinski definition) is 7. The van der Waals surface area contributed by atoms with Crippen LogP contribution in [-0.4, -0.2) is 98.5 Å². The molecule has 1 saturated heterocycles. The lowest BCUT2D eigenvalue weighted by Crippen LogP contribution is -2.48. The van der Waals surface area contributed by atoms with Gasteiger partial charge in [0.15, 0.2) is 0 Å². The van der Waals surface area contributed by atoms with Gasteiger partial charge in [0.25, 0.3) is 17.7 Å². The number of nitrogens with zero attached hydrogens (tertiary/aromatic N) is 7. The molecule has 2 aromatic heterocycles. The Hall–Kier alpha value is -4.28. The summed E-state index contributed by atoms with van der Waals surface area (Å²) in [6.45, 7) is 7.92. The summed E-state index contributed by atoms with van der Waals surface area (Å²) in [5.74, 6) is 0.430. The third-order valence-corrected chi connectivity index (χ3v) is 8.79. The average molecular weight is 588 g/mol. The van der Waals surface area contributed by atoms with Crippen molar-refractivity contribution in [3.05, 3.63) is 71.6 Å². The molecule has 0 saturated carbocycles. The van der Waals surface area contributed by atoms with E-state index in [9.17, 15) is 14.4 Å². The van der Waals surface area contributed by atoms with Crippen LogP contribution in [0, 0.1) is 12.3 Å². The molecule has 4 heterocycles. The lowest BCUT2D eigenvalue weighted by Gasteiger charge is -2.44. The second kappa shape index (κ2) is 13.4. The van der Waals surface area contributed by atoms with Crippen LogP contribution in [0.5, 0.6) is 5.75 Å². The molecule has 2 bridgehead atoms. The van der Waals surface area contributed by atoms with Crippen LogP contribution >= 0.6 is 0 Å². The van der Waals surface area contributed by atoms with Crippen LogP contribution in [0.2, 0.25) is 0 Å². The van der Waals surface area contributed by atoms with Gasteiger partial charge in [-0.1, -0.05) is 6.07 Å². The predicted molar refractivity (Wildman–Crippen MR) is 161 cm³/mol. The van der Waals surface area contributed by atoms with E-state index < -0.39 is 0 Å². The number of hydrogen-bond donors (Lipinski definition) is 0. The Morgan fingerprint density at radius 2 is 1.74 bits per heavy atom. The number of carbonyl (C=O) groups excluding carboxylic acids is 3. The highest BCUT2D eigenvalue weighted by molar-refractivity contribution is 5.95. The minimum Gasteiger partial charge on any atom is -0.494 e. The van der Waals surface area contributed by atoms with Gasteiger partial charge in [-0.2, -0.15) is 5.10 Å². The molecular formula is C32H41N7O4. The zero-order valence-electron chi connectivity index (χ0n) is 25.4. The van der Waals surface area contributed by atoms with Gasteiger partial charge in [0.05, 0.1) is 24.6 Å².